The molecule has 1 aromatic rings. The maximum absolute atomic E-state index is 12.3. The second-order valence-corrected chi connectivity index (χ2v) is 6.59. The van der Waals surface area contributed by atoms with Gasteiger partial charge in [0.05, 0.1) is 5.02 Å². The summed E-state index contributed by atoms with van der Waals surface area (Å²) in [4.78, 5) is 23.3. The number of ether oxygens (including phenoxy) is 2. The fraction of sp³-hybridized carbons (Fsp3) is 0.286. The summed E-state index contributed by atoms with van der Waals surface area (Å²) in [6.45, 7) is 2.81. The molecule has 1 aromatic carbocycles. The summed E-state index contributed by atoms with van der Waals surface area (Å²) in [5.41, 5.74) is -4.55. The van der Waals surface area contributed by atoms with Crippen molar-refractivity contribution in [2.24, 2.45) is 0 Å². The second-order valence-electron chi connectivity index (χ2n) is 5.07. The SMILES string of the molecule is CC1(C)OC(=O)C(=CNc2ccc(SC(F)(F)F)c(Cl)c2)C(=O)O1. The molecular formula is C14H11ClF3NO4S. The quantitative estimate of drug-likeness (QED) is 0.368. The Morgan fingerprint density at radius 1 is 1.21 bits per heavy atom. The van der Waals surface area contributed by atoms with Crippen LogP contribution in [0, 0.1) is 0 Å². The number of carbonyl (C=O) groups is 2. The van der Waals surface area contributed by atoms with Gasteiger partial charge < -0.3 is 14.8 Å². The Hall–Kier alpha value is -1.87. The first-order valence-corrected chi connectivity index (χ1v) is 7.65. The van der Waals surface area contributed by atoms with Crippen molar-refractivity contribution in [3.8, 4) is 0 Å². The molecule has 1 aliphatic rings. The van der Waals surface area contributed by atoms with Gasteiger partial charge in [-0.05, 0) is 30.0 Å². The first-order chi connectivity index (χ1) is 11.0. The Bertz CT molecular complexity index is 696. The van der Waals surface area contributed by atoms with Gasteiger partial charge in [-0.15, -0.1) is 0 Å². The highest BCUT2D eigenvalue weighted by Crippen LogP contribution is 2.41. The third-order valence-corrected chi connectivity index (χ3v) is 3.89. The molecule has 5 nitrogen and oxygen atoms in total. The smallest absolute Gasteiger partial charge is 0.419 e. The van der Waals surface area contributed by atoms with E-state index in [0.717, 1.165) is 6.20 Å². The molecule has 1 aliphatic heterocycles. The first-order valence-electron chi connectivity index (χ1n) is 6.45. The normalized spacial score (nSPS) is 17.2. The highest BCUT2D eigenvalue weighted by atomic mass is 35.5. The Morgan fingerprint density at radius 2 is 1.79 bits per heavy atom. The summed E-state index contributed by atoms with van der Waals surface area (Å²) in [7, 11) is 0. The van der Waals surface area contributed by atoms with Gasteiger partial charge in [-0.2, -0.15) is 13.2 Å². The highest BCUT2D eigenvalue weighted by molar-refractivity contribution is 8.00. The van der Waals surface area contributed by atoms with Gasteiger partial charge in [-0.1, -0.05) is 11.6 Å². The van der Waals surface area contributed by atoms with Crippen LogP contribution in [-0.4, -0.2) is 23.2 Å². The fourth-order valence-electron chi connectivity index (χ4n) is 1.73. The van der Waals surface area contributed by atoms with Gasteiger partial charge in [0.25, 0.3) is 5.79 Å². The number of hydrogen-bond donors (Lipinski definition) is 1. The number of halogens is 4. The molecule has 0 spiro atoms. The summed E-state index contributed by atoms with van der Waals surface area (Å²) >= 11 is 5.45. The molecule has 0 aliphatic carbocycles. The van der Waals surface area contributed by atoms with E-state index in [1.807, 2.05) is 0 Å². The van der Waals surface area contributed by atoms with E-state index in [2.05, 4.69) is 5.32 Å². The van der Waals surface area contributed by atoms with Gasteiger partial charge >= 0.3 is 17.4 Å². The molecule has 0 amide bonds. The molecule has 24 heavy (non-hydrogen) atoms. The summed E-state index contributed by atoms with van der Waals surface area (Å²) < 4.78 is 46.8. The minimum atomic E-state index is -4.46. The van der Waals surface area contributed by atoms with Gasteiger partial charge in [-0.3, -0.25) is 0 Å². The lowest BCUT2D eigenvalue weighted by molar-refractivity contribution is -0.222. The molecule has 10 heteroatoms. The van der Waals surface area contributed by atoms with Crippen molar-refractivity contribution in [2.75, 3.05) is 5.32 Å². The van der Waals surface area contributed by atoms with E-state index in [-0.39, 0.29) is 32.9 Å². The highest BCUT2D eigenvalue weighted by Gasteiger charge is 2.39. The third-order valence-electron chi connectivity index (χ3n) is 2.66. The molecule has 1 heterocycles. The number of hydrogen-bond acceptors (Lipinski definition) is 6. The maximum atomic E-state index is 12.3. The molecule has 1 saturated heterocycles. The van der Waals surface area contributed by atoms with E-state index in [1.54, 1.807) is 0 Å². The van der Waals surface area contributed by atoms with E-state index in [9.17, 15) is 22.8 Å². The largest absolute Gasteiger partial charge is 0.446 e. The lowest BCUT2D eigenvalue weighted by Crippen LogP contribution is -2.42. The van der Waals surface area contributed by atoms with Gasteiger partial charge in [0.15, 0.2) is 5.57 Å². The molecule has 0 unspecified atom stereocenters. The molecule has 2 rings (SSSR count). The maximum Gasteiger partial charge on any atom is 0.446 e. The van der Waals surface area contributed by atoms with Crippen LogP contribution < -0.4 is 5.32 Å². The van der Waals surface area contributed by atoms with Crippen molar-refractivity contribution in [1.82, 2.24) is 0 Å². The molecule has 0 bridgehead atoms. The van der Waals surface area contributed by atoms with Crippen LogP contribution in [-0.2, 0) is 19.1 Å². The summed E-state index contributed by atoms with van der Waals surface area (Å²) in [6, 6.07) is 3.72. The van der Waals surface area contributed by atoms with Crippen LogP contribution in [0.5, 0.6) is 0 Å². The van der Waals surface area contributed by atoms with Gasteiger partial charge in [-0.25, -0.2) is 9.59 Å². The van der Waals surface area contributed by atoms with E-state index >= 15 is 0 Å². The Balaban J connectivity index is 2.13. The van der Waals surface area contributed by atoms with Crippen molar-refractivity contribution < 1.29 is 32.2 Å². The molecule has 1 N–H and O–H groups in total. The van der Waals surface area contributed by atoms with Crippen molar-refractivity contribution >= 4 is 41.0 Å². The van der Waals surface area contributed by atoms with Crippen LogP contribution in [0.25, 0.3) is 0 Å². The van der Waals surface area contributed by atoms with Crippen molar-refractivity contribution in [2.45, 2.75) is 30.0 Å². The zero-order valence-electron chi connectivity index (χ0n) is 12.4. The van der Waals surface area contributed by atoms with Gasteiger partial charge in [0, 0.05) is 30.6 Å². The number of carbonyl (C=O) groups excluding carboxylic acids is 2. The predicted octanol–water partition coefficient (Wildman–Crippen LogP) is 4.08. The van der Waals surface area contributed by atoms with Crippen LogP contribution in [0.3, 0.4) is 0 Å². The van der Waals surface area contributed by atoms with Crippen LogP contribution >= 0.6 is 23.4 Å². The predicted molar refractivity (Wildman–Crippen MR) is 81.3 cm³/mol. The van der Waals surface area contributed by atoms with E-state index in [0.29, 0.717) is 0 Å². The van der Waals surface area contributed by atoms with E-state index < -0.39 is 23.2 Å². The van der Waals surface area contributed by atoms with Gasteiger partial charge in [0.1, 0.15) is 0 Å². The second kappa shape index (κ2) is 6.56. The molecule has 1 fully saturated rings. The number of alkyl halides is 3. The Kier molecular flexibility index (Phi) is 5.05. The lowest BCUT2D eigenvalue weighted by atomic mass is 10.2. The number of benzene rings is 1. The van der Waals surface area contributed by atoms with Crippen molar-refractivity contribution in [3.63, 3.8) is 0 Å². The Morgan fingerprint density at radius 3 is 2.29 bits per heavy atom. The van der Waals surface area contributed by atoms with E-state index in [1.165, 1.54) is 32.0 Å². The average molecular weight is 382 g/mol. The minimum Gasteiger partial charge on any atom is -0.419 e. The lowest BCUT2D eigenvalue weighted by Gasteiger charge is -2.29. The number of rotatable bonds is 3. The number of nitrogens with one attached hydrogen (secondary N) is 1. The van der Waals surface area contributed by atoms with Crippen LogP contribution in [0.4, 0.5) is 18.9 Å². The average Bonchev–Trinajstić information content (AvgIpc) is 2.38. The standard InChI is InChI=1S/C14H11ClF3NO4S/c1-13(2)22-11(20)8(12(21)23-13)6-19-7-3-4-10(9(15)5-7)24-14(16,17)18/h3-6,19H,1-2H3. The van der Waals surface area contributed by atoms with E-state index in [4.69, 9.17) is 21.1 Å². The minimum absolute atomic E-state index is 0.129. The summed E-state index contributed by atoms with van der Waals surface area (Å²) in [6.07, 6.45) is 1.04. The summed E-state index contributed by atoms with van der Waals surface area (Å²) in [5, 5.41) is 2.47. The summed E-state index contributed by atoms with van der Waals surface area (Å²) in [5.74, 6) is -3.11. The molecule has 0 atom stereocenters. The topological polar surface area (TPSA) is 64.6 Å². The van der Waals surface area contributed by atoms with Crippen LogP contribution in [0.15, 0.2) is 34.9 Å². The number of thioether (sulfide) groups is 1. The molecular weight excluding hydrogens is 371 g/mol. The van der Waals surface area contributed by atoms with Crippen molar-refractivity contribution in [1.29, 1.82) is 0 Å². The Labute approximate surface area is 144 Å². The number of esters is 2. The zero-order chi connectivity index (χ0) is 18.1. The molecule has 0 radical (unpaired) electrons. The molecule has 130 valence electrons. The van der Waals surface area contributed by atoms with Crippen LogP contribution in [0.1, 0.15) is 13.8 Å². The number of cyclic esters (lactones) is 2. The zero-order valence-corrected chi connectivity index (χ0v) is 13.9. The monoisotopic (exact) mass is 381 g/mol. The van der Waals surface area contributed by atoms with Crippen molar-refractivity contribution in [3.05, 3.63) is 35.0 Å². The fourth-order valence-corrected chi connectivity index (χ4v) is 2.57. The molecule has 0 aromatic heterocycles. The first kappa shape index (κ1) is 18.5. The molecule has 0 saturated carbocycles. The number of anilines is 1. The third kappa shape index (κ3) is 4.81. The van der Waals surface area contributed by atoms with Crippen LogP contribution in [0.2, 0.25) is 5.02 Å². The van der Waals surface area contributed by atoms with Gasteiger partial charge in [0.2, 0.25) is 0 Å².